The zero-order valence-electron chi connectivity index (χ0n) is 11.9. The van der Waals surface area contributed by atoms with E-state index >= 15 is 0 Å². The van der Waals surface area contributed by atoms with Gasteiger partial charge in [0.25, 0.3) is 0 Å². The molecule has 0 aliphatic heterocycles. The fourth-order valence-corrected chi connectivity index (χ4v) is 2.27. The maximum absolute atomic E-state index is 3.58. The highest BCUT2D eigenvalue weighted by molar-refractivity contribution is 5.84. The van der Waals surface area contributed by atoms with E-state index in [0.717, 1.165) is 6.54 Å². The summed E-state index contributed by atoms with van der Waals surface area (Å²) in [6, 6.07) is 9.76. The van der Waals surface area contributed by atoms with E-state index in [1.165, 1.54) is 22.9 Å². The van der Waals surface area contributed by atoms with Crippen molar-refractivity contribution in [3.05, 3.63) is 36.0 Å². The second-order valence-corrected chi connectivity index (χ2v) is 5.36. The van der Waals surface area contributed by atoms with Crippen molar-refractivity contribution in [2.24, 2.45) is 0 Å². The second kappa shape index (κ2) is 5.57. The molecule has 0 aliphatic rings. The Bertz CT molecular complexity index is 511. The number of benzene rings is 1. The van der Waals surface area contributed by atoms with Crippen molar-refractivity contribution in [3.63, 3.8) is 0 Å². The molecule has 1 aromatic carbocycles. The van der Waals surface area contributed by atoms with Crippen molar-refractivity contribution < 1.29 is 0 Å². The Labute approximate surface area is 110 Å². The molecular formula is C16H24N2. The van der Waals surface area contributed by atoms with Gasteiger partial charge in [-0.05, 0) is 38.8 Å². The first kappa shape index (κ1) is 13.2. The third-order valence-corrected chi connectivity index (χ3v) is 3.63. The number of para-hydroxylation sites is 1. The lowest BCUT2D eigenvalue weighted by Gasteiger charge is -2.10. The van der Waals surface area contributed by atoms with E-state index in [0.29, 0.717) is 12.1 Å². The van der Waals surface area contributed by atoms with E-state index in [1.807, 2.05) is 0 Å². The molecule has 2 aromatic rings. The van der Waals surface area contributed by atoms with E-state index in [2.05, 4.69) is 68.0 Å². The van der Waals surface area contributed by atoms with Gasteiger partial charge in [0.2, 0.25) is 0 Å². The van der Waals surface area contributed by atoms with Crippen molar-refractivity contribution in [3.8, 4) is 0 Å². The van der Waals surface area contributed by atoms with Gasteiger partial charge in [0, 0.05) is 35.7 Å². The zero-order chi connectivity index (χ0) is 13.1. The van der Waals surface area contributed by atoms with Crippen LogP contribution in [0.2, 0.25) is 0 Å². The Kier molecular flexibility index (Phi) is 4.07. The quantitative estimate of drug-likeness (QED) is 0.837. The molecule has 0 saturated carbocycles. The van der Waals surface area contributed by atoms with Gasteiger partial charge in [-0.3, -0.25) is 0 Å². The minimum Gasteiger partial charge on any atom is -0.345 e. The Morgan fingerprint density at radius 2 is 1.89 bits per heavy atom. The average Bonchev–Trinajstić information content (AvgIpc) is 2.75. The van der Waals surface area contributed by atoms with Crippen LogP contribution in [0.5, 0.6) is 0 Å². The van der Waals surface area contributed by atoms with Gasteiger partial charge in [-0.1, -0.05) is 25.1 Å². The van der Waals surface area contributed by atoms with Crippen molar-refractivity contribution in [2.75, 3.05) is 0 Å². The fraction of sp³-hybridized carbons (Fsp3) is 0.500. The number of nitrogens with one attached hydrogen (secondary N) is 1. The minimum atomic E-state index is 0.507. The maximum atomic E-state index is 3.58. The SMILES string of the molecule is CCC(C)NCc1cn(C(C)C)c2ccccc12. The van der Waals surface area contributed by atoms with Gasteiger partial charge in [-0.2, -0.15) is 0 Å². The lowest BCUT2D eigenvalue weighted by atomic mass is 10.1. The van der Waals surface area contributed by atoms with Gasteiger partial charge in [-0.25, -0.2) is 0 Å². The smallest absolute Gasteiger partial charge is 0.0486 e. The molecule has 2 rings (SSSR count). The number of hydrogen-bond donors (Lipinski definition) is 1. The van der Waals surface area contributed by atoms with Gasteiger partial charge in [0.1, 0.15) is 0 Å². The highest BCUT2D eigenvalue weighted by Gasteiger charge is 2.10. The molecule has 18 heavy (non-hydrogen) atoms. The summed E-state index contributed by atoms with van der Waals surface area (Å²) >= 11 is 0. The number of aromatic nitrogens is 1. The molecule has 2 nitrogen and oxygen atoms in total. The summed E-state index contributed by atoms with van der Waals surface area (Å²) in [4.78, 5) is 0. The van der Waals surface area contributed by atoms with E-state index in [1.54, 1.807) is 0 Å². The van der Waals surface area contributed by atoms with Crippen LogP contribution in [0.15, 0.2) is 30.5 Å². The van der Waals surface area contributed by atoms with Gasteiger partial charge in [0.05, 0.1) is 0 Å². The van der Waals surface area contributed by atoms with Gasteiger partial charge in [0.15, 0.2) is 0 Å². The van der Waals surface area contributed by atoms with Crippen LogP contribution in [0.1, 0.15) is 45.7 Å². The lowest BCUT2D eigenvalue weighted by molar-refractivity contribution is 0.533. The van der Waals surface area contributed by atoms with Crippen LogP contribution in [0.25, 0.3) is 10.9 Å². The Morgan fingerprint density at radius 1 is 1.17 bits per heavy atom. The van der Waals surface area contributed by atoms with Crippen LogP contribution in [-0.4, -0.2) is 10.6 Å². The number of hydrogen-bond acceptors (Lipinski definition) is 1. The molecule has 98 valence electrons. The third kappa shape index (κ3) is 2.59. The molecule has 2 heteroatoms. The van der Waals surface area contributed by atoms with E-state index in [-0.39, 0.29) is 0 Å². The molecule has 1 unspecified atom stereocenters. The van der Waals surface area contributed by atoms with E-state index in [4.69, 9.17) is 0 Å². The van der Waals surface area contributed by atoms with Crippen molar-refractivity contribution in [2.45, 2.75) is 52.7 Å². The molecule has 0 spiro atoms. The topological polar surface area (TPSA) is 17.0 Å². The highest BCUT2D eigenvalue weighted by Crippen LogP contribution is 2.24. The Balaban J connectivity index is 2.33. The Morgan fingerprint density at radius 3 is 2.56 bits per heavy atom. The zero-order valence-corrected chi connectivity index (χ0v) is 11.9. The number of nitrogens with zero attached hydrogens (tertiary/aromatic N) is 1. The molecule has 0 fully saturated rings. The first-order chi connectivity index (χ1) is 8.63. The van der Waals surface area contributed by atoms with Crippen LogP contribution in [0.4, 0.5) is 0 Å². The molecule has 0 bridgehead atoms. The van der Waals surface area contributed by atoms with Crippen molar-refractivity contribution in [1.29, 1.82) is 0 Å². The molecule has 0 amide bonds. The van der Waals surface area contributed by atoms with Crippen LogP contribution in [0.3, 0.4) is 0 Å². The summed E-state index contributed by atoms with van der Waals surface area (Å²) < 4.78 is 2.36. The van der Waals surface area contributed by atoms with Crippen LogP contribution >= 0.6 is 0 Å². The molecule has 0 saturated heterocycles. The summed E-state index contributed by atoms with van der Waals surface area (Å²) in [6.45, 7) is 9.88. The van der Waals surface area contributed by atoms with E-state index in [9.17, 15) is 0 Å². The summed E-state index contributed by atoms with van der Waals surface area (Å²) in [7, 11) is 0. The average molecular weight is 244 g/mol. The monoisotopic (exact) mass is 244 g/mol. The second-order valence-electron chi connectivity index (χ2n) is 5.36. The molecule has 1 N–H and O–H groups in total. The normalized spacial score (nSPS) is 13.4. The minimum absolute atomic E-state index is 0.507. The Hall–Kier alpha value is -1.28. The largest absolute Gasteiger partial charge is 0.345 e. The van der Waals surface area contributed by atoms with Crippen LogP contribution in [0, 0.1) is 0 Å². The predicted octanol–water partition coefficient (Wildman–Crippen LogP) is 4.11. The first-order valence-corrected chi connectivity index (χ1v) is 6.95. The number of fused-ring (bicyclic) bond motifs is 1. The molecule has 1 aromatic heterocycles. The third-order valence-electron chi connectivity index (χ3n) is 3.63. The van der Waals surface area contributed by atoms with E-state index < -0.39 is 0 Å². The summed E-state index contributed by atoms with van der Waals surface area (Å²) in [5.41, 5.74) is 2.74. The van der Waals surface area contributed by atoms with Crippen LogP contribution in [-0.2, 0) is 6.54 Å². The standard InChI is InChI=1S/C16H24N2/c1-5-13(4)17-10-14-11-18(12(2)3)16-9-7-6-8-15(14)16/h6-9,11-13,17H,5,10H2,1-4H3. The summed E-state index contributed by atoms with van der Waals surface area (Å²) in [5.74, 6) is 0. The number of rotatable bonds is 5. The first-order valence-electron chi connectivity index (χ1n) is 6.95. The molecule has 1 heterocycles. The predicted molar refractivity (Wildman–Crippen MR) is 78.9 cm³/mol. The van der Waals surface area contributed by atoms with Gasteiger partial charge in [-0.15, -0.1) is 0 Å². The van der Waals surface area contributed by atoms with Crippen molar-refractivity contribution in [1.82, 2.24) is 9.88 Å². The molecule has 0 aliphatic carbocycles. The van der Waals surface area contributed by atoms with Gasteiger partial charge < -0.3 is 9.88 Å². The highest BCUT2D eigenvalue weighted by atomic mass is 15.0. The molecule has 1 atom stereocenters. The van der Waals surface area contributed by atoms with Crippen LogP contribution < -0.4 is 5.32 Å². The summed E-state index contributed by atoms with van der Waals surface area (Å²) in [5, 5.41) is 4.96. The summed E-state index contributed by atoms with van der Waals surface area (Å²) in [6.07, 6.45) is 3.47. The lowest BCUT2D eigenvalue weighted by Crippen LogP contribution is -2.24. The maximum Gasteiger partial charge on any atom is 0.0486 e. The molecular weight excluding hydrogens is 220 g/mol. The van der Waals surface area contributed by atoms with Crippen molar-refractivity contribution >= 4 is 10.9 Å². The fourth-order valence-electron chi connectivity index (χ4n) is 2.27. The molecule has 0 radical (unpaired) electrons. The van der Waals surface area contributed by atoms with Gasteiger partial charge >= 0.3 is 0 Å².